The van der Waals surface area contributed by atoms with Crippen LogP contribution in [-0.4, -0.2) is 56.3 Å². The number of methoxy groups -OCH3 is 1. The Morgan fingerprint density at radius 1 is 1.67 bits per heavy atom. The van der Waals surface area contributed by atoms with Crippen molar-refractivity contribution < 1.29 is 9.47 Å². The fraction of sp³-hybridized carbons (Fsp3) is 0.714. The second kappa shape index (κ2) is 7.53. The van der Waals surface area contributed by atoms with Crippen molar-refractivity contribution in [1.82, 2.24) is 9.78 Å². The van der Waals surface area contributed by atoms with Crippen LogP contribution in [0.3, 0.4) is 0 Å². The highest BCUT2D eigenvalue weighted by Crippen LogP contribution is 2.16. The maximum atomic E-state index is 12.1. The molecule has 0 aromatic carbocycles. The van der Waals surface area contributed by atoms with Gasteiger partial charge in [-0.3, -0.25) is 4.79 Å². The quantitative estimate of drug-likeness (QED) is 0.743. The first-order valence-electron chi connectivity index (χ1n) is 7.22. The molecule has 1 aliphatic heterocycles. The fourth-order valence-corrected chi connectivity index (χ4v) is 2.37. The summed E-state index contributed by atoms with van der Waals surface area (Å²) < 4.78 is 11.8. The van der Waals surface area contributed by atoms with Gasteiger partial charge in [-0.2, -0.15) is 5.10 Å². The Morgan fingerprint density at radius 3 is 3.10 bits per heavy atom. The molecule has 0 bridgehead atoms. The van der Waals surface area contributed by atoms with Gasteiger partial charge in [0.1, 0.15) is 0 Å². The maximum Gasteiger partial charge on any atom is 0.268 e. The monoisotopic (exact) mass is 296 g/mol. The highest BCUT2D eigenvalue weighted by atomic mass is 16.5. The normalized spacial score (nSPS) is 19.7. The van der Waals surface area contributed by atoms with E-state index in [1.54, 1.807) is 19.4 Å². The highest BCUT2D eigenvalue weighted by molar-refractivity contribution is 5.41. The van der Waals surface area contributed by atoms with Gasteiger partial charge in [0.25, 0.3) is 5.56 Å². The second-order valence-corrected chi connectivity index (χ2v) is 5.44. The number of hydrogen-bond donors (Lipinski definition) is 1. The van der Waals surface area contributed by atoms with Crippen molar-refractivity contribution in [3.63, 3.8) is 0 Å². The van der Waals surface area contributed by atoms with Gasteiger partial charge in [-0.1, -0.05) is 0 Å². The molecule has 1 aliphatic rings. The molecular formula is C14H24N4O3. The summed E-state index contributed by atoms with van der Waals surface area (Å²) >= 11 is 0. The Labute approximate surface area is 124 Å². The molecule has 2 atom stereocenters. The van der Waals surface area contributed by atoms with E-state index in [0.717, 1.165) is 18.7 Å². The fourth-order valence-electron chi connectivity index (χ4n) is 2.37. The van der Waals surface area contributed by atoms with Gasteiger partial charge in [0.05, 0.1) is 31.6 Å². The molecule has 1 saturated heterocycles. The summed E-state index contributed by atoms with van der Waals surface area (Å²) in [6.45, 7) is 3.17. The molecule has 0 amide bonds. The number of anilines is 1. The molecule has 21 heavy (non-hydrogen) atoms. The molecule has 1 aromatic rings. The molecule has 1 fully saturated rings. The van der Waals surface area contributed by atoms with Crippen molar-refractivity contribution in [3.05, 3.63) is 22.6 Å². The van der Waals surface area contributed by atoms with Crippen molar-refractivity contribution in [2.24, 2.45) is 11.7 Å². The number of likely N-dealkylation sites (N-methyl/N-ethyl adjacent to an activating group) is 1. The number of nitrogens with two attached hydrogens (primary N) is 1. The molecule has 2 rings (SSSR count). The molecule has 0 spiro atoms. The summed E-state index contributed by atoms with van der Waals surface area (Å²) in [6, 6.07) is 1.48. The van der Waals surface area contributed by atoms with Crippen LogP contribution in [0.5, 0.6) is 0 Å². The van der Waals surface area contributed by atoms with Gasteiger partial charge in [-0.25, -0.2) is 4.68 Å². The Bertz CT molecular complexity index is 499. The van der Waals surface area contributed by atoms with E-state index in [2.05, 4.69) is 5.10 Å². The number of rotatable bonds is 7. The van der Waals surface area contributed by atoms with E-state index >= 15 is 0 Å². The summed E-state index contributed by atoms with van der Waals surface area (Å²) in [7, 11) is 3.56. The first kappa shape index (κ1) is 15.9. The lowest BCUT2D eigenvalue weighted by Crippen LogP contribution is -2.39. The van der Waals surface area contributed by atoms with Crippen LogP contribution in [0.4, 0.5) is 5.69 Å². The summed E-state index contributed by atoms with van der Waals surface area (Å²) in [4.78, 5) is 14.1. The Balaban J connectivity index is 2.00. The minimum Gasteiger partial charge on any atom is -0.383 e. The van der Waals surface area contributed by atoms with Gasteiger partial charge in [-0.05, 0) is 6.42 Å². The largest absolute Gasteiger partial charge is 0.383 e. The second-order valence-electron chi connectivity index (χ2n) is 5.44. The minimum atomic E-state index is -0.133. The first-order valence-corrected chi connectivity index (χ1v) is 7.22. The van der Waals surface area contributed by atoms with Gasteiger partial charge in [0, 0.05) is 45.3 Å². The molecule has 2 heterocycles. The van der Waals surface area contributed by atoms with Crippen molar-refractivity contribution in [2.75, 3.05) is 45.4 Å². The van der Waals surface area contributed by atoms with E-state index in [1.807, 2.05) is 11.9 Å². The highest BCUT2D eigenvalue weighted by Gasteiger charge is 2.23. The molecule has 7 heteroatoms. The van der Waals surface area contributed by atoms with Gasteiger partial charge < -0.3 is 20.1 Å². The zero-order valence-corrected chi connectivity index (χ0v) is 12.7. The van der Waals surface area contributed by atoms with E-state index < -0.39 is 0 Å². The van der Waals surface area contributed by atoms with Crippen LogP contribution in [0.15, 0.2) is 17.1 Å². The Morgan fingerprint density at radius 2 is 2.48 bits per heavy atom. The first-order chi connectivity index (χ1) is 10.1. The average Bonchev–Trinajstić information content (AvgIpc) is 3.01. The third-order valence-electron chi connectivity index (χ3n) is 3.88. The van der Waals surface area contributed by atoms with Gasteiger partial charge in [0.15, 0.2) is 0 Å². The van der Waals surface area contributed by atoms with E-state index in [1.165, 1.54) is 4.68 Å². The third kappa shape index (κ3) is 4.26. The standard InChI is InChI=1S/C14H24N4O3/c1-17(4-6-20-2)12-7-14(19)18(16-8-12)9-13(15)11-3-5-21-10-11/h7-8,11,13H,3-6,9-10,15H2,1-2H3. The van der Waals surface area contributed by atoms with E-state index in [0.29, 0.717) is 32.2 Å². The van der Waals surface area contributed by atoms with Crippen LogP contribution in [0, 0.1) is 5.92 Å². The molecule has 118 valence electrons. The van der Waals surface area contributed by atoms with Crippen LogP contribution in [0.1, 0.15) is 6.42 Å². The molecule has 2 unspecified atom stereocenters. The minimum absolute atomic E-state index is 0.102. The number of ether oxygens (including phenoxy) is 2. The molecule has 0 aliphatic carbocycles. The predicted molar refractivity (Wildman–Crippen MR) is 80.5 cm³/mol. The van der Waals surface area contributed by atoms with Crippen LogP contribution in [0.25, 0.3) is 0 Å². The lowest BCUT2D eigenvalue weighted by Gasteiger charge is -2.20. The van der Waals surface area contributed by atoms with Crippen molar-refractivity contribution in [1.29, 1.82) is 0 Å². The van der Waals surface area contributed by atoms with Crippen LogP contribution in [0.2, 0.25) is 0 Å². The van der Waals surface area contributed by atoms with E-state index in [-0.39, 0.29) is 11.6 Å². The lowest BCUT2D eigenvalue weighted by atomic mass is 10.0. The zero-order chi connectivity index (χ0) is 15.2. The van der Waals surface area contributed by atoms with Gasteiger partial charge in [-0.15, -0.1) is 0 Å². The average molecular weight is 296 g/mol. The Hall–Kier alpha value is -1.44. The molecule has 0 radical (unpaired) electrons. The molecular weight excluding hydrogens is 272 g/mol. The van der Waals surface area contributed by atoms with Crippen LogP contribution >= 0.6 is 0 Å². The summed E-state index contributed by atoms with van der Waals surface area (Å²) in [5, 5.41) is 4.22. The van der Waals surface area contributed by atoms with Crippen LogP contribution in [-0.2, 0) is 16.0 Å². The molecule has 0 saturated carbocycles. The van der Waals surface area contributed by atoms with Crippen molar-refractivity contribution in [2.45, 2.75) is 19.0 Å². The topological polar surface area (TPSA) is 82.6 Å². The lowest BCUT2D eigenvalue weighted by molar-refractivity contribution is 0.178. The summed E-state index contributed by atoms with van der Waals surface area (Å²) in [5.41, 5.74) is 6.79. The zero-order valence-electron chi connectivity index (χ0n) is 12.7. The van der Waals surface area contributed by atoms with E-state index in [4.69, 9.17) is 15.2 Å². The summed E-state index contributed by atoms with van der Waals surface area (Å²) in [6.07, 6.45) is 2.64. The van der Waals surface area contributed by atoms with Crippen molar-refractivity contribution in [3.8, 4) is 0 Å². The van der Waals surface area contributed by atoms with Gasteiger partial charge in [0.2, 0.25) is 0 Å². The third-order valence-corrected chi connectivity index (χ3v) is 3.88. The van der Waals surface area contributed by atoms with E-state index in [9.17, 15) is 4.79 Å². The molecule has 7 nitrogen and oxygen atoms in total. The Kier molecular flexibility index (Phi) is 5.72. The number of hydrogen-bond acceptors (Lipinski definition) is 6. The summed E-state index contributed by atoms with van der Waals surface area (Å²) in [5.74, 6) is 0.308. The number of aromatic nitrogens is 2. The van der Waals surface area contributed by atoms with Gasteiger partial charge >= 0.3 is 0 Å². The van der Waals surface area contributed by atoms with Crippen LogP contribution < -0.4 is 16.2 Å². The number of nitrogens with zero attached hydrogens (tertiary/aromatic N) is 3. The predicted octanol–water partition coefficient (Wildman–Crippen LogP) is -0.310. The SMILES string of the molecule is COCCN(C)c1cnn(CC(N)C2CCOC2)c(=O)c1. The maximum absolute atomic E-state index is 12.1. The smallest absolute Gasteiger partial charge is 0.268 e. The van der Waals surface area contributed by atoms with Crippen molar-refractivity contribution >= 4 is 5.69 Å². The molecule has 2 N–H and O–H groups in total. The molecule has 1 aromatic heterocycles.